The van der Waals surface area contributed by atoms with Crippen LogP contribution in [0.2, 0.25) is 0 Å². The van der Waals surface area contributed by atoms with Gasteiger partial charge in [0.15, 0.2) is 0 Å². The van der Waals surface area contributed by atoms with Gasteiger partial charge in [-0.15, -0.1) is 0 Å². The molecule has 0 saturated carbocycles. The lowest BCUT2D eigenvalue weighted by molar-refractivity contribution is -0.138. The van der Waals surface area contributed by atoms with Gasteiger partial charge in [-0.2, -0.15) is 13.2 Å². The number of benzene rings is 1. The maximum atomic E-state index is 12.9. The maximum absolute atomic E-state index is 12.9. The molecule has 0 aliphatic rings. The van der Waals surface area contributed by atoms with Crippen LogP contribution in [0.15, 0.2) is 42.6 Å². The molecule has 1 amide bonds. The molecule has 0 saturated heterocycles. The number of aromatic nitrogens is 1. The number of carbonyl (C=O) groups excluding carboxylic acids is 1. The zero-order valence-corrected chi connectivity index (χ0v) is 10.8. The van der Waals surface area contributed by atoms with Crippen molar-refractivity contribution in [1.82, 2.24) is 4.98 Å². The Bertz CT molecular complexity index is 642. The van der Waals surface area contributed by atoms with Crippen LogP contribution >= 0.6 is 0 Å². The summed E-state index contributed by atoms with van der Waals surface area (Å²) in [7, 11) is 0. The molecule has 0 fully saturated rings. The Morgan fingerprint density at radius 1 is 1.24 bits per heavy atom. The average Bonchev–Trinajstić information content (AvgIpc) is 2.47. The molecule has 110 valence electrons. The zero-order valence-electron chi connectivity index (χ0n) is 10.8. The molecule has 0 aliphatic carbocycles. The standard InChI is InChI=1S/C14H12F3N3O/c15-14(16,17)11-7-10(5-4-9(11)8-18)20-13(21)12-3-1-2-6-19-12/h1-7H,8,18H2,(H,20,21). The first-order valence-electron chi connectivity index (χ1n) is 6.04. The van der Waals surface area contributed by atoms with Crippen LogP contribution in [-0.2, 0) is 12.7 Å². The van der Waals surface area contributed by atoms with Crippen molar-refractivity contribution in [3.63, 3.8) is 0 Å². The fraction of sp³-hybridized carbons (Fsp3) is 0.143. The van der Waals surface area contributed by atoms with E-state index in [9.17, 15) is 18.0 Å². The molecule has 0 aliphatic heterocycles. The molecule has 2 aromatic rings. The quantitative estimate of drug-likeness (QED) is 0.915. The lowest BCUT2D eigenvalue weighted by Crippen LogP contribution is -2.16. The van der Waals surface area contributed by atoms with Gasteiger partial charge < -0.3 is 11.1 Å². The van der Waals surface area contributed by atoms with E-state index in [0.717, 1.165) is 6.07 Å². The number of hydrogen-bond donors (Lipinski definition) is 2. The fourth-order valence-electron chi connectivity index (χ4n) is 1.79. The van der Waals surface area contributed by atoms with Crippen LogP contribution in [0.25, 0.3) is 0 Å². The summed E-state index contributed by atoms with van der Waals surface area (Å²) in [6, 6.07) is 8.20. The van der Waals surface area contributed by atoms with Gasteiger partial charge in [-0.3, -0.25) is 9.78 Å². The average molecular weight is 295 g/mol. The molecule has 0 unspecified atom stereocenters. The second kappa shape index (κ2) is 5.92. The van der Waals surface area contributed by atoms with Gasteiger partial charge in [0.05, 0.1) is 5.56 Å². The van der Waals surface area contributed by atoms with Crippen LogP contribution in [0.3, 0.4) is 0 Å². The molecular formula is C14H12F3N3O. The number of halogens is 3. The van der Waals surface area contributed by atoms with Crippen molar-refractivity contribution in [3.05, 3.63) is 59.4 Å². The van der Waals surface area contributed by atoms with E-state index in [2.05, 4.69) is 10.3 Å². The van der Waals surface area contributed by atoms with E-state index in [-0.39, 0.29) is 23.5 Å². The summed E-state index contributed by atoms with van der Waals surface area (Å²) in [6.45, 7) is -0.233. The van der Waals surface area contributed by atoms with Crippen LogP contribution in [0, 0.1) is 0 Å². The lowest BCUT2D eigenvalue weighted by Gasteiger charge is -2.14. The second-order valence-electron chi connectivity index (χ2n) is 4.24. The minimum Gasteiger partial charge on any atom is -0.326 e. The van der Waals surface area contributed by atoms with Gasteiger partial charge in [0.1, 0.15) is 5.69 Å². The normalized spacial score (nSPS) is 11.2. The minimum absolute atomic E-state index is 0.0293. The Balaban J connectivity index is 2.28. The van der Waals surface area contributed by atoms with Gasteiger partial charge in [0.25, 0.3) is 5.91 Å². The maximum Gasteiger partial charge on any atom is 0.416 e. The summed E-state index contributed by atoms with van der Waals surface area (Å²) in [6.07, 6.45) is -3.10. The first-order valence-corrected chi connectivity index (χ1v) is 6.04. The molecule has 21 heavy (non-hydrogen) atoms. The highest BCUT2D eigenvalue weighted by Crippen LogP contribution is 2.33. The van der Waals surface area contributed by atoms with E-state index in [0.29, 0.717) is 0 Å². The minimum atomic E-state index is -4.53. The summed E-state index contributed by atoms with van der Waals surface area (Å²) in [5, 5.41) is 2.38. The summed E-state index contributed by atoms with van der Waals surface area (Å²) in [5.74, 6) is -0.579. The van der Waals surface area contributed by atoms with E-state index in [1.807, 2.05) is 0 Å². The largest absolute Gasteiger partial charge is 0.416 e. The highest BCUT2D eigenvalue weighted by atomic mass is 19.4. The summed E-state index contributed by atoms with van der Waals surface area (Å²) < 4.78 is 38.7. The number of pyridine rings is 1. The molecule has 0 atom stereocenters. The third-order valence-corrected chi connectivity index (χ3v) is 2.79. The van der Waals surface area contributed by atoms with Crippen molar-refractivity contribution >= 4 is 11.6 Å². The smallest absolute Gasteiger partial charge is 0.326 e. The van der Waals surface area contributed by atoms with Crippen LogP contribution < -0.4 is 11.1 Å². The van der Waals surface area contributed by atoms with Gasteiger partial charge in [-0.1, -0.05) is 12.1 Å². The first kappa shape index (κ1) is 15.0. The highest BCUT2D eigenvalue weighted by Gasteiger charge is 2.33. The number of alkyl halides is 3. The SMILES string of the molecule is NCc1ccc(NC(=O)c2ccccn2)cc1C(F)(F)F. The number of nitrogens with zero attached hydrogens (tertiary/aromatic N) is 1. The number of anilines is 1. The molecule has 3 N–H and O–H groups in total. The number of hydrogen-bond acceptors (Lipinski definition) is 3. The van der Waals surface area contributed by atoms with Gasteiger partial charge in [-0.25, -0.2) is 0 Å². The van der Waals surface area contributed by atoms with E-state index in [1.165, 1.54) is 24.4 Å². The van der Waals surface area contributed by atoms with Gasteiger partial charge in [-0.05, 0) is 29.8 Å². The number of carbonyl (C=O) groups is 1. The Hall–Kier alpha value is -2.41. The predicted molar refractivity (Wildman–Crippen MR) is 71.5 cm³/mol. The summed E-state index contributed by atoms with van der Waals surface area (Å²) in [5.41, 5.74) is 4.56. The van der Waals surface area contributed by atoms with E-state index < -0.39 is 17.6 Å². The van der Waals surface area contributed by atoms with E-state index in [4.69, 9.17) is 5.73 Å². The molecule has 0 spiro atoms. The fourth-order valence-corrected chi connectivity index (χ4v) is 1.79. The van der Waals surface area contributed by atoms with Crippen molar-refractivity contribution in [2.75, 3.05) is 5.32 Å². The monoisotopic (exact) mass is 295 g/mol. The van der Waals surface area contributed by atoms with Crippen LogP contribution in [0.4, 0.5) is 18.9 Å². The summed E-state index contributed by atoms with van der Waals surface area (Å²) in [4.78, 5) is 15.7. The molecule has 4 nitrogen and oxygen atoms in total. The van der Waals surface area contributed by atoms with Gasteiger partial charge >= 0.3 is 6.18 Å². The molecule has 0 radical (unpaired) electrons. The van der Waals surface area contributed by atoms with E-state index in [1.54, 1.807) is 12.1 Å². The lowest BCUT2D eigenvalue weighted by atomic mass is 10.1. The summed E-state index contributed by atoms with van der Waals surface area (Å²) >= 11 is 0. The highest BCUT2D eigenvalue weighted by molar-refractivity contribution is 6.02. The van der Waals surface area contributed by atoms with Crippen molar-refractivity contribution in [3.8, 4) is 0 Å². The molecule has 1 aromatic heterocycles. The van der Waals surface area contributed by atoms with Crippen LogP contribution in [-0.4, -0.2) is 10.9 Å². The Morgan fingerprint density at radius 2 is 2.00 bits per heavy atom. The number of rotatable bonds is 3. The number of nitrogens with two attached hydrogens (primary N) is 1. The molecule has 1 aromatic carbocycles. The van der Waals surface area contributed by atoms with E-state index >= 15 is 0 Å². The van der Waals surface area contributed by atoms with Crippen molar-refractivity contribution in [2.45, 2.75) is 12.7 Å². The van der Waals surface area contributed by atoms with Crippen LogP contribution in [0.1, 0.15) is 21.6 Å². The molecule has 0 bridgehead atoms. The zero-order chi connectivity index (χ0) is 15.5. The van der Waals surface area contributed by atoms with Crippen molar-refractivity contribution < 1.29 is 18.0 Å². The van der Waals surface area contributed by atoms with Crippen molar-refractivity contribution in [2.24, 2.45) is 5.73 Å². The van der Waals surface area contributed by atoms with Gasteiger partial charge in [0, 0.05) is 18.4 Å². The number of nitrogens with one attached hydrogen (secondary N) is 1. The topological polar surface area (TPSA) is 68.0 Å². The Labute approximate surface area is 118 Å². The molecule has 7 heteroatoms. The Morgan fingerprint density at radius 3 is 2.57 bits per heavy atom. The Kier molecular flexibility index (Phi) is 4.23. The molecule has 1 heterocycles. The third kappa shape index (κ3) is 3.57. The predicted octanol–water partition coefficient (Wildman–Crippen LogP) is 2.81. The first-order chi connectivity index (χ1) is 9.91. The molecule has 2 rings (SSSR count). The van der Waals surface area contributed by atoms with Gasteiger partial charge in [0.2, 0.25) is 0 Å². The van der Waals surface area contributed by atoms with Crippen molar-refractivity contribution in [1.29, 1.82) is 0 Å². The van der Waals surface area contributed by atoms with Crippen LogP contribution in [0.5, 0.6) is 0 Å². The number of amides is 1. The molecular weight excluding hydrogens is 283 g/mol. The second-order valence-corrected chi connectivity index (χ2v) is 4.24. The third-order valence-electron chi connectivity index (χ3n) is 2.79.